The van der Waals surface area contributed by atoms with Crippen LogP contribution < -0.4 is 5.73 Å². The van der Waals surface area contributed by atoms with E-state index in [1.54, 1.807) is 0 Å². The van der Waals surface area contributed by atoms with E-state index in [4.69, 9.17) is 17.3 Å². The maximum Gasteiger partial charge on any atom is 0.0403 e. The van der Waals surface area contributed by atoms with Crippen LogP contribution >= 0.6 is 24.0 Å². The molecular formula is C5H9Cl2N. The SMILES string of the molecule is Cl.NC1CCC=C1Cl. The lowest BCUT2D eigenvalue weighted by Crippen LogP contribution is -2.15. The lowest BCUT2D eigenvalue weighted by Gasteiger charge is -1.97. The van der Waals surface area contributed by atoms with E-state index in [9.17, 15) is 0 Å². The second-order valence-electron chi connectivity index (χ2n) is 1.77. The van der Waals surface area contributed by atoms with Crippen molar-refractivity contribution in [3.8, 4) is 0 Å². The second kappa shape index (κ2) is 3.33. The lowest BCUT2D eigenvalue weighted by molar-refractivity contribution is 0.772. The molecule has 0 amide bonds. The fraction of sp³-hybridized carbons (Fsp3) is 0.600. The van der Waals surface area contributed by atoms with Gasteiger partial charge in [0.1, 0.15) is 0 Å². The van der Waals surface area contributed by atoms with Gasteiger partial charge in [-0.15, -0.1) is 12.4 Å². The molecule has 0 saturated heterocycles. The predicted octanol–water partition coefficient (Wildman–Crippen LogP) is 1.65. The third-order valence-corrected chi connectivity index (χ3v) is 1.61. The molecule has 1 aliphatic carbocycles. The highest BCUT2D eigenvalue weighted by molar-refractivity contribution is 6.30. The molecule has 0 saturated carbocycles. The predicted molar refractivity (Wildman–Crippen MR) is 38.4 cm³/mol. The van der Waals surface area contributed by atoms with E-state index in [2.05, 4.69) is 0 Å². The van der Waals surface area contributed by atoms with Crippen LogP contribution in [0.25, 0.3) is 0 Å². The fourth-order valence-electron chi connectivity index (χ4n) is 0.690. The van der Waals surface area contributed by atoms with Crippen molar-refractivity contribution < 1.29 is 0 Å². The molecule has 1 unspecified atom stereocenters. The van der Waals surface area contributed by atoms with Gasteiger partial charge in [0.25, 0.3) is 0 Å². The van der Waals surface area contributed by atoms with E-state index in [-0.39, 0.29) is 18.4 Å². The Balaban J connectivity index is 0.000000490. The molecule has 1 aliphatic rings. The van der Waals surface area contributed by atoms with E-state index >= 15 is 0 Å². The summed E-state index contributed by atoms with van der Waals surface area (Å²) in [5, 5.41) is 0.833. The first-order valence-corrected chi connectivity index (χ1v) is 2.79. The Hall–Kier alpha value is 0.280. The van der Waals surface area contributed by atoms with Gasteiger partial charge in [0.15, 0.2) is 0 Å². The van der Waals surface area contributed by atoms with Crippen LogP contribution in [0.3, 0.4) is 0 Å². The van der Waals surface area contributed by atoms with Crippen LogP contribution in [0.5, 0.6) is 0 Å². The summed E-state index contributed by atoms with van der Waals surface area (Å²) in [6.07, 6.45) is 4.06. The molecule has 3 heteroatoms. The monoisotopic (exact) mass is 153 g/mol. The van der Waals surface area contributed by atoms with Crippen LogP contribution in [0.2, 0.25) is 0 Å². The molecule has 0 aromatic carbocycles. The standard InChI is InChI=1S/C5H8ClN.ClH/c6-4-2-1-3-5(4)7;/h2,5H,1,3,7H2;1H. The van der Waals surface area contributed by atoms with Crippen LogP contribution in [0.4, 0.5) is 0 Å². The molecule has 0 bridgehead atoms. The Labute approximate surface area is 60.3 Å². The molecule has 1 atom stereocenters. The first kappa shape index (κ1) is 8.28. The minimum absolute atomic E-state index is 0. The summed E-state index contributed by atoms with van der Waals surface area (Å²) in [6, 6.07) is 0.140. The zero-order valence-corrected chi connectivity index (χ0v) is 6.00. The van der Waals surface area contributed by atoms with Gasteiger partial charge in [0, 0.05) is 11.1 Å². The van der Waals surface area contributed by atoms with Crippen LogP contribution in [0.15, 0.2) is 11.1 Å². The average molecular weight is 154 g/mol. The summed E-state index contributed by atoms with van der Waals surface area (Å²) < 4.78 is 0. The number of hydrogen-bond donors (Lipinski definition) is 1. The van der Waals surface area contributed by atoms with Gasteiger partial charge < -0.3 is 5.73 Å². The summed E-state index contributed by atoms with van der Waals surface area (Å²) in [7, 11) is 0. The number of hydrogen-bond acceptors (Lipinski definition) is 1. The molecular weight excluding hydrogens is 145 g/mol. The van der Waals surface area contributed by atoms with Crippen molar-refractivity contribution in [3.63, 3.8) is 0 Å². The molecule has 0 aromatic heterocycles. The Morgan fingerprint density at radius 2 is 2.38 bits per heavy atom. The van der Waals surface area contributed by atoms with Crippen molar-refractivity contribution in [3.05, 3.63) is 11.1 Å². The molecule has 0 radical (unpaired) electrons. The van der Waals surface area contributed by atoms with E-state index in [0.29, 0.717) is 0 Å². The van der Waals surface area contributed by atoms with Crippen LogP contribution in [0.1, 0.15) is 12.8 Å². The maximum absolute atomic E-state index is 5.60. The van der Waals surface area contributed by atoms with Crippen molar-refractivity contribution in [2.24, 2.45) is 5.73 Å². The normalized spacial score (nSPS) is 26.8. The first-order valence-electron chi connectivity index (χ1n) is 2.42. The molecule has 8 heavy (non-hydrogen) atoms. The molecule has 0 aliphatic heterocycles. The number of nitrogens with two attached hydrogens (primary N) is 1. The first-order chi connectivity index (χ1) is 3.30. The Morgan fingerprint density at radius 3 is 2.50 bits per heavy atom. The quantitative estimate of drug-likeness (QED) is 0.564. The third-order valence-electron chi connectivity index (χ3n) is 1.17. The zero-order valence-electron chi connectivity index (χ0n) is 4.43. The molecule has 48 valence electrons. The minimum atomic E-state index is 0. The van der Waals surface area contributed by atoms with Gasteiger partial charge in [-0.05, 0) is 12.8 Å². The number of allylic oxidation sites excluding steroid dienone is 1. The summed E-state index contributed by atoms with van der Waals surface area (Å²) >= 11 is 5.60. The number of rotatable bonds is 0. The molecule has 0 heterocycles. The summed E-state index contributed by atoms with van der Waals surface area (Å²) in [6.45, 7) is 0. The molecule has 0 aromatic rings. The second-order valence-corrected chi connectivity index (χ2v) is 2.21. The van der Waals surface area contributed by atoms with E-state index in [1.165, 1.54) is 0 Å². The van der Waals surface area contributed by atoms with Crippen molar-refractivity contribution in [2.45, 2.75) is 18.9 Å². The fourth-order valence-corrected chi connectivity index (χ4v) is 0.908. The minimum Gasteiger partial charge on any atom is -0.323 e. The van der Waals surface area contributed by atoms with Crippen molar-refractivity contribution in [1.82, 2.24) is 0 Å². The van der Waals surface area contributed by atoms with Crippen LogP contribution in [-0.4, -0.2) is 6.04 Å². The summed E-state index contributed by atoms with van der Waals surface area (Å²) in [5.74, 6) is 0. The lowest BCUT2D eigenvalue weighted by atomic mass is 10.3. The van der Waals surface area contributed by atoms with Crippen molar-refractivity contribution in [2.75, 3.05) is 0 Å². The van der Waals surface area contributed by atoms with Gasteiger partial charge in [-0.2, -0.15) is 0 Å². The highest BCUT2D eigenvalue weighted by Gasteiger charge is 2.10. The third kappa shape index (κ3) is 1.66. The highest BCUT2D eigenvalue weighted by atomic mass is 35.5. The van der Waals surface area contributed by atoms with Gasteiger partial charge >= 0.3 is 0 Å². The van der Waals surface area contributed by atoms with Gasteiger partial charge in [0.2, 0.25) is 0 Å². The van der Waals surface area contributed by atoms with Gasteiger partial charge in [-0.25, -0.2) is 0 Å². The topological polar surface area (TPSA) is 26.0 Å². The molecule has 2 N–H and O–H groups in total. The maximum atomic E-state index is 5.60. The summed E-state index contributed by atoms with van der Waals surface area (Å²) in [4.78, 5) is 0. The average Bonchev–Trinajstić information content (AvgIpc) is 1.91. The Kier molecular flexibility index (Phi) is 3.45. The van der Waals surface area contributed by atoms with Crippen LogP contribution in [-0.2, 0) is 0 Å². The Bertz CT molecular complexity index is 101. The smallest absolute Gasteiger partial charge is 0.0403 e. The van der Waals surface area contributed by atoms with Crippen molar-refractivity contribution >= 4 is 24.0 Å². The molecule has 1 nitrogen and oxygen atoms in total. The largest absolute Gasteiger partial charge is 0.323 e. The Morgan fingerprint density at radius 1 is 1.75 bits per heavy atom. The number of halogens is 2. The molecule has 1 rings (SSSR count). The molecule has 0 spiro atoms. The highest BCUT2D eigenvalue weighted by Crippen LogP contribution is 2.19. The van der Waals surface area contributed by atoms with Gasteiger partial charge in [-0.1, -0.05) is 17.7 Å². The summed E-state index contributed by atoms with van der Waals surface area (Å²) in [5.41, 5.74) is 5.48. The van der Waals surface area contributed by atoms with Crippen LogP contribution in [0, 0.1) is 0 Å². The molecule has 0 fully saturated rings. The van der Waals surface area contributed by atoms with Gasteiger partial charge in [0.05, 0.1) is 0 Å². The van der Waals surface area contributed by atoms with E-state index in [0.717, 1.165) is 17.9 Å². The zero-order chi connectivity index (χ0) is 5.28. The van der Waals surface area contributed by atoms with E-state index < -0.39 is 0 Å². The van der Waals surface area contributed by atoms with Crippen molar-refractivity contribution in [1.29, 1.82) is 0 Å². The van der Waals surface area contributed by atoms with E-state index in [1.807, 2.05) is 6.08 Å². The van der Waals surface area contributed by atoms with Gasteiger partial charge in [-0.3, -0.25) is 0 Å².